The van der Waals surface area contributed by atoms with Crippen molar-refractivity contribution in [3.05, 3.63) is 59.7 Å². The molecule has 2 rings (SSSR count). The standard InChI is InChI=1S/C23H28N4O7/c24-18(11-14-1-5-16(28)6-2-14)22(32)26-13-21(31)25-10-9-20(30)27-19(23(33)34)12-15-3-7-17(29)8-4-15/h1-8,18-19,28-29H,9-13,24H2,(H,25,31)(H,26,32)(H,27,30)(H,33,34)/t18-,19-/m0/s1. The molecule has 0 aliphatic rings. The molecule has 11 heteroatoms. The molecule has 34 heavy (non-hydrogen) atoms. The summed E-state index contributed by atoms with van der Waals surface area (Å²) < 4.78 is 0. The van der Waals surface area contributed by atoms with E-state index in [9.17, 15) is 34.5 Å². The van der Waals surface area contributed by atoms with Crippen molar-refractivity contribution in [2.24, 2.45) is 5.73 Å². The number of nitrogens with two attached hydrogens (primary N) is 1. The molecule has 182 valence electrons. The maximum Gasteiger partial charge on any atom is 0.326 e. The van der Waals surface area contributed by atoms with Gasteiger partial charge in [-0.2, -0.15) is 0 Å². The molecular weight excluding hydrogens is 444 g/mol. The molecule has 0 unspecified atom stereocenters. The van der Waals surface area contributed by atoms with E-state index < -0.39 is 35.8 Å². The summed E-state index contributed by atoms with van der Waals surface area (Å²) in [6, 6.07) is 10.2. The van der Waals surface area contributed by atoms with E-state index in [2.05, 4.69) is 16.0 Å². The second-order valence-corrected chi connectivity index (χ2v) is 7.62. The number of hydrogen-bond donors (Lipinski definition) is 7. The Morgan fingerprint density at radius 2 is 1.32 bits per heavy atom. The SMILES string of the molecule is N[C@@H](Cc1ccc(O)cc1)C(=O)NCC(=O)NCCC(=O)N[C@@H](Cc1ccc(O)cc1)C(=O)O. The Morgan fingerprint density at radius 3 is 1.85 bits per heavy atom. The molecule has 0 radical (unpaired) electrons. The van der Waals surface area contributed by atoms with E-state index >= 15 is 0 Å². The van der Waals surface area contributed by atoms with Gasteiger partial charge in [-0.1, -0.05) is 24.3 Å². The number of carboxylic acids is 1. The summed E-state index contributed by atoms with van der Waals surface area (Å²) in [5.41, 5.74) is 7.20. The third-order valence-electron chi connectivity index (χ3n) is 4.84. The third kappa shape index (κ3) is 9.17. The zero-order valence-electron chi connectivity index (χ0n) is 18.4. The second kappa shape index (κ2) is 12.8. The van der Waals surface area contributed by atoms with E-state index in [-0.39, 0.29) is 43.9 Å². The predicted octanol–water partition coefficient (Wildman–Crippen LogP) is -0.598. The van der Waals surface area contributed by atoms with Crippen molar-refractivity contribution in [3.8, 4) is 11.5 Å². The number of amides is 3. The van der Waals surface area contributed by atoms with Gasteiger partial charge in [-0.15, -0.1) is 0 Å². The van der Waals surface area contributed by atoms with E-state index in [4.69, 9.17) is 5.73 Å². The summed E-state index contributed by atoms with van der Waals surface area (Å²) in [6.45, 7) is -0.381. The minimum Gasteiger partial charge on any atom is -0.508 e. The van der Waals surface area contributed by atoms with Crippen molar-refractivity contribution in [3.63, 3.8) is 0 Å². The molecule has 2 aromatic carbocycles. The topological polar surface area (TPSA) is 191 Å². The van der Waals surface area contributed by atoms with Crippen LogP contribution in [0.25, 0.3) is 0 Å². The van der Waals surface area contributed by atoms with Gasteiger partial charge >= 0.3 is 5.97 Å². The van der Waals surface area contributed by atoms with E-state index in [1.54, 1.807) is 24.3 Å². The van der Waals surface area contributed by atoms with Crippen LogP contribution >= 0.6 is 0 Å². The zero-order valence-corrected chi connectivity index (χ0v) is 18.4. The van der Waals surface area contributed by atoms with E-state index in [1.807, 2.05) is 0 Å². The summed E-state index contributed by atoms with van der Waals surface area (Å²) in [5.74, 6) is -2.69. The van der Waals surface area contributed by atoms with Crippen LogP contribution in [0.15, 0.2) is 48.5 Å². The van der Waals surface area contributed by atoms with Gasteiger partial charge in [-0.25, -0.2) is 4.79 Å². The van der Waals surface area contributed by atoms with E-state index in [1.165, 1.54) is 24.3 Å². The highest BCUT2D eigenvalue weighted by Gasteiger charge is 2.20. The molecule has 0 bridgehead atoms. The number of hydrogen-bond acceptors (Lipinski definition) is 7. The Balaban J connectivity index is 1.68. The lowest BCUT2D eigenvalue weighted by Crippen LogP contribution is -2.46. The monoisotopic (exact) mass is 472 g/mol. The van der Waals surface area contributed by atoms with Gasteiger partial charge in [0.1, 0.15) is 17.5 Å². The van der Waals surface area contributed by atoms with Crippen LogP contribution in [0.5, 0.6) is 11.5 Å². The summed E-state index contributed by atoms with van der Waals surface area (Å²) in [6.07, 6.45) is 0.104. The van der Waals surface area contributed by atoms with Crippen molar-refractivity contribution >= 4 is 23.7 Å². The molecule has 3 amide bonds. The summed E-state index contributed by atoms with van der Waals surface area (Å²) >= 11 is 0. The lowest BCUT2D eigenvalue weighted by Gasteiger charge is -2.15. The minimum absolute atomic E-state index is 0.0319. The number of phenols is 2. The Bertz CT molecular complexity index is 993. The van der Waals surface area contributed by atoms with Crippen molar-refractivity contribution in [2.45, 2.75) is 31.3 Å². The average molecular weight is 472 g/mol. The lowest BCUT2D eigenvalue weighted by molar-refractivity contribution is -0.141. The molecule has 11 nitrogen and oxygen atoms in total. The fourth-order valence-electron chi connectivity index (χ4n) is 2.99. The molecule has 0 spiro atoms. The largest absolute Gasteiger partial charge is 0.508 e. The second-order valence-electron chi connectivity index (χ2n) is 7.62. The smallest absolute Gasteiger partial charge is 0.326 e. The highest BCUT2D eigenvalue weighted by Crippen LogP contribution is 2.12. The number of benzene rings is 2. The summed E-state index contributed by atoms with van der Waals surface area (Å²) in [7, 11) is 0. The quantitative estimate of drug-likeness (QED) is 0.213. The van der Waals surface area contributed by atoms with Gasteiger partial charge in [0.15, 0.2) is 0 Å². The van der Waals surface area contributed by atoms with Crippen LogP contribution in [-0.4, -0.2) is 64.2 Å². The van der Waals surface area contributed by atoms with Gasteiger partial charge < -0.3 is 37.0 Å². The van der Waals surface area contributed by atoms with Gasteiger partial charge in [0.2, 0.25) is 17.7 Å². The normalized spacial score (nSPS) is 12.3. The Hall–Kier alpha value is -4.12. The van der Waals surface area contributed by atoms with Gasteiger partial charge in [0.05, 0.1) is 12.6 Å². The Kier molecular flexibility index (Phi) is 9.84. The highest BCUT2D eigenvalue weighted by atomic mass is 16.4. The molecule has 2 aromatic rings. The number of carbonyl (C=O) groups excluding carboxylic acids is 3. The number of phenolic OH excluding ortho intramolecular Hbond substituents is 2. The molecule has 0 heterocycles. The van der Waals surface area contributed by atoms with E-state index in [0.717, 1.165) is 5.56 Å². The van der Waals surface area contributed by atoms with Crippen molar-refractivity contribution in [1.29, 1.82) is 0 Å². The maximum atomic E-state index is 12.1. The molecule has 0 saturated carbocycles. The molecule has 8 N–H and O–H groups in total. The zero-order chi connectivity index (χ0) is 25.1. The van der Waals surface area contributed by atoms with Crippen molar-refractivity contribution in [1.82, 2.24) is 16.0 Å². The number of aliphatic carboxylic acids is 1. The average Bonchev–Trinajstić information content (AvgIpc) is 2.79. The fourth-order valence-corrected chi connectivity index (χ4v) is 2.99. The molecule has 2 atom stereocenters. The molecule has 0 aliphatic carbocycles. The number of carbonyl (C=O) groups is 4. The van der Waals surface area contributed by atoms with Crippen LogP contribution in [0, 0.1) is 0 Å². The van der Waals surface area contributed by atoms with Crippen LogP contribution in [0.4, 0.5) is 0 Å². The van der Waals surface area contributed by atoms with Crippen molar-refractivity contribution < 1.29 is 34.5 Å². The molecule has 0 aliphatic heterocycles. The minimum atomic E-state index is -1.21. The summed E-state index contributed by atoms with van der Waals surface area (Å²) in [5, 5.41) is 35.2. The fraction of sp³-hybridized carbons (Fsp3) is 0.304. The first-order valence-corrected chi connectivity index (χ1v) is 10.5. The Morgan fingerprint density at radius 1 is 0.794 bits per heavy atom. The predicted molar refractivity (Wildman–Crippen MR) is 122 cm³/mol. The van der Waals surface area contributed by atoms with Crippen LogP contribution in [0.3, 0.4) is 0 Å². The van der Waals surface area contributed by atoms with Crippen LogP contribution in [0.1, 0.15) is 17.5 Å². The van der Waals surface area contributed by atoms with E-state index in [0.29, 0.717) is 5.56 Å². The number of carboxylic acid groups (broad SMARTS) is 1. The first-order valence-electron chi connectivity index (χ1n) is 10.5. The maximum absolute atomic E-state index is 12.1. The molecule has 0 fully saturated rings. The van der Waals surface area contributed by atoms with Crippen molar-refractivity contribution in [2.75, 3.05) is 13.1 Å². The Labute approximate surface area is 196 Å². The number of rotatable bonds is 12. The van der Waals surface area contributed by atoms with Gasteiger partial charge in [-0.3, -0.25) is 14.4 Å². The molecule has 0 aromatic heterocycles. The van der Waals surface area contributed by atoms with Crippen LogP contribution in [0.2, 0.25) is 0 Å². The first kappa shape index (κ1) is 26.1. The van der Waals surface area contributed by atoms with Gasteiger partial charge in [0.25, 0.3) is 0 Å². The van der Waals surface area contributed by atoms with Crippen LogP contribution in [-0.2, 0) is 32.0 Å². The third-order valence-corrected chi connectivity index (χ3v) is 4.84. The van der Waals surface area contributed by atoms with Gasteiger partial charge in [-0.05, 0) is 41.8 Å². The first-order chi connectivity index (χ1) is 16.1. The summed E-state index contributed by atoms with van der Waals surface area (Å²) in [4.78, 5) is 47.5. The van der Waals surface area contributed by atoms with Crippen LogP contribution < -0.4 is 21.7 Å². The lowest BCUT2D eigenvalue weighted by atomic mass is 10.1. The van der Waals surface area contributed by atoms with Gasteiger partial charge in [0, 0.05) is 19.4 Å². The number of aromatic hydroxyl groups is 2. The molecular formula is C23H28N4O7. The number of nitrogens with one attached hydrogen (secondary N) is 3. The molecule has 0 saturated heterocycles. The highest BCUT2D eigenvalue weighted by molar-refractivity contribution is 5.88.